The van der Waals surface area contributed by atoms with Crippen molar-refractivity contribution < 1.29 is 14.2 Å². The van der Waals surface area contributed by atoms with E-state index in [-0.39, 0.29) is 11.4 Å². The molecule has 3 heterocycles. The van der Waals surface area contributed by atoms with Gasteiger partial charge in [0.05, 0.1) is 59.8 Å². The number of hydrogen-bond acceptors (Lipinski definition) is 6. The third-order valence-corrected chi connectivity index (χ3v) is 4.94. The van der Waals surface area contributed by atoms with Gasteiger partial charge >= 0.3 is 0 Å². The van der Waals surface area contributed by atoms with Crippen LogP contribution in [0.2, 0.25) is 0 Å². The number of methoxy groups -OCH3 is 1. The zero-order valence-electron chi connectivity index (χ0n) is 17.1. The van der Waals surface area contributed by atoms with E-state index >= 15 is 0 Å². The molecule has 31 heavy (non-hydrogen) atoms. The molecule has 0 aliphatic rings. The molecule has 4 aromatic rings. The molecule has 0 radical (unpaired) electrons. The Bertz CT molecular complexity index is 1350. The van der Waals surface area contributed by atoms with E-state index < -0.39 is 11.9 Å². The molecule has 0 bridgehead atoms. The Balaban J connectivity index is 1.82. The molecule has 8 nitrogen and oxygen atoms in total. The number of nitrogens with zero attached hydrogens (tertiary/aromatic N) is 5. The van der Waals surface area contributed by atoms with Gasteiger partial charge < -0.3 is 14.8 Å². The van der Waals surface area contributed by atoms with Crippen molar-refractivity contribution in [2.75, 3.05) is 7.11 Å². The molecule has 0 saturated carbocycles. The quantitative estimate of drug-likeness (QED) is 0.463. The van der Waals surface area contributed by atoms with Crippen LogP contribution in [-0.2, 0) is 0 Å². The Hall–Kier alpha value is -4.19. The van der Waals surface area contributed by atoms with Crippen molar-refractivity contribution >= 4 is 22.3 Å². The van der Waals surface area contributed by atoms with Crippen molar-refractivity contribution in [3.8, 4) is 29.0 Å². The lowest BCUT2D eigenvalue weighted by Crippen LogP contribution is -2.01. The summed E-state index contributed by atoms with van der Waals surface area (Å²) in [5, 5.41) is 24.3. The predicted octanol–water partition coefficient (Wildman–Crippen LogP) is 4.50. The summed E-state index contributed by atoms with van der Waals surface area (Å²) >= 11 is 0. The molecule has 0 amide bonds. The summed E-state index contributed by atoms with van der Waals surface area (Å²) < 4.78 is 21.3. The maximum Gasteiger partial charge on any atom is 0.198 e. The summed E-state index contributed by atoms with van der Waals surface area (Å²) in [6.07, 6.45) is 4.72. The number of pyridine rings is 1. The zero-order valence-corrected chi connectivity index (χ0v) is 17.1. The summed E-state index contributed by atoms with van der Waals surface area (Å²) in [7, 11) is 1.47. The molecule has 3 aromatic heterocycles. The maximum atomic E-state index is 14.5. The molecule has 0 aliphatic heterocycles. The number of nitriles is 1. The van der Waals surface area contributed by atoms with Gasteiger partial charge in [-0.15, -0.1) is 0 Å². The summed E-state index contributed by atoms with van der Waals surface area (Å²) in [6, 6.07) is 7.93. The third kappa shape index (κ3) is 3.59. The van der Waals surface area contributed by atoms with Crippen LogP contribution in [-0.4, -0.2) is 37.7 Å². The van der Waals surface area contributed by atoms with Crippen LogP contribution in [0.3, 0.4) is 0 Å². The number of aliphatic imine (C=N–C) groups is 1. The Morgan fingerprint density at radius 1 is 1.39 bits per heavy atom. The van der Waals surface area contributed by atoms with Gasteiger partial charge in [-0.2, -0.15) is 10.4 Å². The Kier molecular flexibility index (Phi) is 5.13. The van der Waals surface area contributed by atoms with Crippen molar-refractivity contribution in [2.24, 2.45) is 4.99 Å². The summed E-state index contributed by atoms with van der Waals surface area (Å²) in [6.45, 7) is 3.47. The fourth-order valence-corrected chi connectivity index (χ4v) is 3.41. The normalized spacial score (nSPS) is 12.7. The zero-order chi connectivity index (χ0) is 22.1. The standard InChI is InChI=1S/C22H19FN6O2/c1-12(8-24)29-11-14(9-26-29)27-13(2)20-15-7-17(25-10-18(15)28-22(20)30)21-16(23)5-4-6-19(21)31-3/h4-7,9-12,28,30H,1-3H3/t12-/m1/s1. The van der Waals surface area contributed by atoms with Crippen LogP contribution in [0, 0.1) is 17.1 Å². The van der Waals surface area contributed by atoms with Crippen LogP contribution in [0.15, 0.2) is 47.8 Å². The predicted molar refractivity (Wildman–Crippen MR) is 114 cm³/mol. The van der Waals surface area contributed by atoms with E-state index in [1.807, 2.05) is 0 Å². The number of ether oxygens (including phenoxy) is 1. The third-order valence-electron chi connectivity index (χ3n) is 4.94. The van der Waals surface area contributed by atoms with Crippen LogP contribution in [0.5, 0.6) is 11.6 Å². The van der Waals surface area contributed by atoms with Crippen molar-refractivity contribution in [3.63, 3.8) is 0 Å². The van der Waals surface area contributed by atoms with Gasteiger partial charge in [0.1, 0.15) is 23.3 Å². The van der Waals surface area contributed by atoms with E-state index in [1.165, 1.54) is 24.1 Å². The minimum absolute atomic E-state index is 0.0755. The first kappa shape index (κ1) is 20.1. The molecule has 1 aromatic carbocycles. The van der Waals surface area contributed by atoms with Crippen LogP contribution in [0.1, 0.15) is 25.5 Å². The second-order valence-electron chi connectivity index (χ2n) is 6.96. The molecule has 0 aliphatic carbocycles. The van der Waals surface area contributed by atoms with Crippen molar-refractivity contribution in [2.45, 2.75) is 19.9 Å². The fraction of sp³-hybridized carbons (Fsp3) is 0.182. The van der Waals surface area contributed by atoms with E-state index in [1.54, 1.807) is 44.4 Å². The molecule has 156 valence electrons. The van der Waals surface area contributed by atoms with Crippen LogP contribution >= 0.6 is 0 Å². The number of benzene rings is 1. The highest BCUT2D eigenvalue weighted by Gasteiger charge is 2.19. The van der Waals surface area contributed by atoms with Gasteiger partial charge in [-0.25, -0.2) is 9.38 Å². The Labute approximate surface area is 177 Å². The molecule has 1 atom stereocenters. The number of nitrogens with one attached hydrogen (secondary N) is 1. The van der Waals surface area contributed by atoms with E-state index in [9.17, 15) is 9.50 Å². The van der Waals surface area contributed by atoms with E-state index in [0.717, 1.165) is 0 Å². The number of aromatic nitrogens is 4. The van der Waals surface area contributed by atoms with Crippen LogP contribution < -0.4 is 4.74 Å². The molecule has 2 N–H and O–H groups in total. The van der Waals surface area contributed by atoms with Gasteiger partial charge in [-0.3, -0.25) is 9.67 Å². The van der Waals surface area contributed by atoms with Gasteiger partial charge in [0.15, 0.2) is 5.88 Å². The molecule has 0 spiro atoms. The lowest BCUT2D eigenvalue weighted by molar-refractivity contribution is 0.413. The molecular formula is C22H19FN6O2. The first-order chi connectivity index (χ1) is 14.9. The summed E-state index contributed by atoms with van der Waals surface area (Å²) in [5.41, 5.74) is 2.71. The summed E-state index contributed by atoms with van der Waals surface area (Å²) in [4.78, 5) is 11.7. The van der Waals surface area contributed by atoms with E-state index in [2.05, 4.69) is 26.1 Å². The average molecular weight is 418 g/mol. The fourth-order valence-electron chi connectivity index (χ4n) is 3.41. The van der Waals surface area contributed by atoms with Gasteiger partial charge in [-0.05, 0) is 32.0 Å². The minimum Gasteiger partial charge on any atom is -0.496 e. The lowest BCUT2D eigenvalue weighted by atomic mass is 10.0. The number of fused-ring (bicyclic) bond motifs is 1. The highest BCUT2D eigenvalue weighted by atomic mass is 19.1. The minimum atomic E-state index is -0.461. The molecule has 9 heteroatoms. The van der Waals surface area contributed by atoms with Crippen molar-refractivity contribution in [3.05, 3.63) is 54.2 Å². The second kappa shape index (κ2) is 7.91. The molecule has 4 rings (SSSR count). The maximum absolute atomic E-state index is 14.5. The second-order valence-corrected chi connectivity index (χ2v) is 6.96. The number of H-pyrrole nitrogens is 1. The molecule has 0 fully saturated rings. The topological polar surface area (TPSA) is 112 Å². The van der Waals surface area contributed by atoms with Crippen LogP contribution in [0.4, 0.5) is 10.1 Å². The first-order valence-electron chi connectivity index (χ1n) is 9.46. The molecular weight excluding hydrogens is 399 g/mol. The van der Waals surface area contributed by atoms with Crippen molar-refractivity contribution in [1.29, 1.82) is 5.26 Å². The number of aromatic hydroxyl groups is 1. The molecule has 0 saturated heterocycles. The first-order valence-corrected chi connectivity index (χ1v) is 9.46. The average Bonchev–Trinajstić information content (AvgIpc) is 3.35. The summed E-state index contributed by atoms with van der Waals surface area (Å²) in [5.74, 6) is -0.178. The SMILES string of the molecule is COc1cccc(F)c1-c1cc2c(C(C)=Nc3cnn([C@H](C)C#N)c3)c(O)[nH]c2cn1. The monoisotopic (exact) mass is 418 g/mol. The van der Waals surface area contributed by atoms with Gasteiger partial charge in [0.2, 0.25) is 0 Å². The lowest BCUT2D eigenvalue weighted by Gasteiger charge is -2.09. The van der Waals surface area contributed by atoms with E-state index in [4.69, 9.17) is 10.00 Å². The number of halogens is 1. The largest absolute Gasteiger partial charge is 0.496 e. The highest BCUT2D eigenvalue weighted by molar-refractivity contribution is 6.13. The van der Waals surface area contributed by atoms with Gasteiger partial charge in [0, 0.05) is 5.39 Å². The smallest absolute Gasteiger partial charge is 0.198 e. The van der Waals surface area contributed by atoms with Gasteiger partial charge in [0.25, 0.3) is 0 Å². The number of rotatable bonds is 5. The van der Waals surface area contributed by atoms with Gasteiger partial charge in [-0.1, -0.05) is 6.07 Å². The van der Waals surface area contributed by atoms with E-state index in [0.29, 0.717) is 39.3 Å². The Morgan fingerprint density at radius 3 is 2.94 bits per heavy atom. The number of hydrogen-bond donors (Lipinski definition) is 2. The molecule has 0 unspecified atom stereocenters. The highest BCUT2D eigenvalue weighted by Crippen LogP contribution is 2.35. The number of aromatic amines is 1. The van der Waals surface area contributed by atoms with Crippen LogP contribution in [0.25, 0.3) is 22.2 Å². The van der Waals surface area contributed by atoms with Crippen molar-refractivity contribution in [1.82, 2.24) is 19.7 Å². The Morgan fingerprint density at radius 2 is 2.19 bits per heavy atom.